The molecule has 3 nitrogen and oxygen atoms in total. The summed E-state index contributed by atoms with van der Waals surface area (Å²) in [4.78, 5) is 10.6. The Morgan fingerprint density at radius 3 is 2.91 bits per heavy atom. The van der Waals surface area contributed by atoms with Gasteiger partial charge in [-0.25, -0.2) is 3.93 Å². The van der Waals surface area contributed by atoms with E-state index in [-0.39, 0.29) is 5.91 Å². The third kappa shape index (κ3) is 6.06. The van der Waals surface area contributed by atoms with Gasteiger partial charge < -0.3 is 5.32 Å². The van der Waals surface area contributed by atoms with E-state index >= 15 is 0 Å². The van der Waals surface area contributed by atoms with Crippen LogP contribution < -0.4 is 5.32 Å². The molecule has 0 radical (unpaired) electrons. The largest absolute Gasteiger partial charge is 0.351 e. The van der Waals surface area contributed by atoms with Crippen molar-refractivity contribution in [3.63, 3.8) is 0 Å². The van der Waals surface area contributed by atoms with Crippen LogP contribution in [0, 0.1) is 0 Å². The smallest absolute Gasteiger partial charge is 0.243 e. The van der Waals surface area contributed by atoms with E-state index in [9.17, 15) is 4.79 Å². The van der Waals surface area contributed by atoms with E-state index in [0.717, 1.165) is 13.1 Å². The van der Waals surface area contributed by atoms with Gasteiger partial charge in [0, 0.05) is 35.8 Å². The van der Waals surface area contributed by atoms with Crippen molar-refractivity contribution in [3.05, 3.63) is 12.7 Å². The predicted molar refractivity (Wildman–Crippen MR) is 49.4 cm³/mol. The fourth-order valence-electron chi connectivity index (χ4n) is 0.531. The number of carbonyl (C=O) groups excluding carboxylic acids is 1. The van der Waals surface area contributed by atoms with E-state index in [2.05, 4.69) is 28.0 Å². The maximum absolute atomic E-state index is 10.6. The summed E-state index contributed by atoms with van der Waals surface area (Å²) >= 11 is 3.31. The molecule has 0 bridgehead atoms. The summed E-state index contributed by atoms with van der Waals surface area (Å²) in [6, 6.07) is 0. The van der Waals surface area contributed by atoms with Gasteiger partial charge >= 0.3 is 0 Å². The highest BCUT2D eigenvalue weighted by Crippen LogP contribution is 1.93. The molecule has 64 valence electrons. The van der Waals surface area contributed by atoms with Crippen molar-refractivity contribution in [3.8, 4) is 0 Å². The van der Waals surface area contributed by atoms with E-state index in [1.165, 1.54) is 6.08 Å². The average molecular weight is 221 g/mol. The molecule has 0 aliphatic heterocycles. The van der Waals surface area contributed by atoms with E-state index in [0.29, 0.717) is 6.54 Å². The third-order valence-corrected chi connectivity index (χ3v) is 2.04. The quantitative estimate of drug-likeness (QED) is 0.553. The lowest BCUT2D eigenvalue weighted by atomic mass is 10.5. The standard InChI is InChI=1S/C7H13BrN2O/c1-3-7(11)9-5-6-10(8)4-2/h3H,1,4-6H2,2H3,(H,9,11). The highest BCUT2D eigenvalue weighted by molar-refractivity contribution is 9.07. The zero-order valence-electron chi connectivity index (χ0n) is 6.64. The fourth-order valence-corrected chi connectivity index (χ4v) is 0.708. The Morgan fingerprint density at radius 1 is 1.82 bits per heavy atom. The molecule has 0 unspecified atom stereocenters. The minimum Gasteiger partial charge on any atom is -0.351 e. The second-order valence-electron chi connectivity index (χ2n) is 2.00. The number of likely N-dealkylation sites (N-methyl/N-ethyl adjacent to an activating group) is 1. The molecular formula is C7H13BrN2O. The molecular weight excluding hydrogens is 208 g/mol. The zero-order chi connectivity index (χ0) is 8.69. The van der Waals surface area contributed by atoms with Crippen LogP contribution in [0.1, 0.15) is 6.92 Å². The Kier molecular flexibility index (Phi) is 6.16. The van der Waals surface area contributed by atoms with Gasteiger partial charge in [0.15, 0.2) is 0 Å². The number of amides is 1. The Bertz CT molecular complexity index is 138. The molecule has 4 heteroatoms. The summed E-state index contributed by atoms with van der Waals surface area (Å²) in [5, 5.41) is 2.67. The van der Waals surface area contributed by atoms with Crippen molar-refractivity contribution in [2.75, 3.05) is 19.6 Å². The molecule has 1 N–H and O–H groups in total. The molecule has 0 fully saturated rings. The molecule has 0 saturated heterocycles. The van der Waals surface area contributed by atoms with E-state index < -0.39 is 0 Å². The number of nitrogens with zero attached hydrogens (tertiary/aromatic N) is 1. The van der Waals surface area contributed by atoms with Crippen molar-refractivity contribution in [2.24, 2.45) is 0 Å². The predicted octanol–water partition coefficient (Wildman–Crippen LogP) is 0.920. The molecule has 0 aromatic heterocycles. The third-order valence-electron chi connectivity index (χ3n) is 1.18. The van der Waals surface area contributed by atoms with Crippen LogP contribution in [0.5, 0.6) is 0 Å². The summed E-state index contributed by atoms with van der Waals surface area (Å²) < 4.78 is 1.94. The Morgan fingerprint density at radius 2 is 2.45 bits per heavy atom. The Labute approximate surface area is 75.8 Å². The SMILES string of the molecule is C=CC(=O)NCCN(Br)CC. The molecule has 0 atom stereocenters. The van der Waals surface area contributed by atoms with Crippen LogP contribution in [-0.4, -0.2) is 29.5 Å². The van der Waals surface area contributed by atoms with Gasteiger partial charge in [0.2, 0.25) is 5.91 Å². The highest BCUT2D eigenvalue weighted by atomic mass is 79.9. The van der Waals surface area contributed by atoms with Crippen LogP contribution in [-0.2, 0) is 4.79 Å². The topological polar surface area (TPSA) is 32.3 Å². The Hall–Kier alpha value is -0.350. The molecule has 0 spiro atoms. The second kappa shape index (κ2) is 6.37. The van der Waals surface area contributed by atoms with Crippen LogP contribution in [0.2, 0.25) is 0 Å². The first-order valence-corrected chi connectivity index (χ1v) is 4.22. The summed E-state index contributed by atoms with van der Waals surface area (Å²) in [5.74, 6) is -0.123. The summed E-state index contributed by atoms with van der Waals surface area (Å²) in [6.45, 7) is 7.74. The van der Waals surface area contributed by atoms with Crippen molar-refractivity contribution >= 4 is 22.1 Å². The lowest BCUT2D eigenvalue weighted by molar-refractivity contribution is -0.116. The lowest BCUT2D eigenvalue weighted by Gasteiger charge is -2.10. The van der Waals surface area contributed by atoms with Crippen molar-refractivity contribution in [2.45, 2.75) is 6.92 Å². The van der Waals surface area contributed by atoms with E-state index in [1.54, 1.807) is 0 Å². The average Bonchev–Trinajstić information content (AvgIpc) is 2.04. The molecule has 0 aromatic rings. The van der Waals surface area contributed by atoms with Crippen LogP contribution in [0.3, 0.4) is 0 Å². The molecule has 0 aliphatic carbocycles. The zero-order valence-corrected chi connectivity index (χ0v) is 8.23. The highest BCUT2D eigenvalue weighted by Gasteiger charge is 1.96. The monoisotopic (exact) mass is 220 g/mol. The molecule has 0 heterocycles. The molecule has 0 rings (SSSR count). The number of hydrogen-bond donors (Lipinski definition) is 1. The molecule has 0 saturated carbocycles. The van der Waals surface area contributed by atoms with E-state index in [4.69, 9.17) is 0 Å². The number of nitrogens with one attached hydrogen (secondary N) is 1. The van der Waals surface area contributed by atoms with Crippen molar-refractivity contribution in [1.29, 1.82) is 0 Å². The first kappa shape index (κ1) is 10.7. The maximum Gasteiger partial charge on any atom is 0.243 e. The number of rotatable bonds is 5. The summed E-state index contributed by atoms with van der Waals surface area (Å²) in [7, 11) is 0. The summed E-state index contributed by atoms with van der Waals surface area (Å²) in [5.41, 5.74) is 0. The normalized spacial score (nSPS) is 9.73. The van der Waals surface area contributed by atoms with Crippen LogP contribution in [0.4, 0.5) is 0 Å². The Balaban J connectivity index is 3.26. The fraction of sp³-hybridized carbons (Fsp3) is 0.571. The number of carbonyl (C=O) groups is 1. The van der Waals surface area contributed by atoms with Crippen LogP contribution >= 0.6 is 16.1 Å². The van der Waals surface area contributed by atoms with Crippen molar-refractivity contribution < 1.29 is 4.79 Å². The lowest BCUT2D eigenvalue weighted by Crippen LogP contribution is -2.29. The number of halogens is 1. The van der Waals surface area contributed by atoms with Gasteiger partial charge in [-0.1, -0.05) is 13.5 Å². The van der Waals surface area contributed by atoms with Gasteiger partial charge in [-0.3, -0.25) is 4.79 Å². The number of hydrogen-bond acceptors (Lipinski definition) is 2. The molecule has 0 aliphatic rings. The van der Waals surface area contributed by atoms with Crippen LogP contribution in [0.25, 0.3) is 0 Å². The second-order valence-corrected chi connectivity index (χ2v) is 3.00. The summed E-state index contributed by atoms with van der Waals surface area (Å²) in [6.07, 6.45) is 1.27. The van der Waals surface area contributed by atoms with Gasteiger partial charge in [0.1, 0.15) is 0 Å². The maximum atomic E-state index is 10.6. The van der Waals surface area contributed by atoms with Gasteiger partial charge in [-0.15, -0.1) is 0 Å². The van der Waals surface area contributed by atoms with Gasteiger partial charge in [-0.05, 0) is 6.08 Å². The van der Waals surface area contributed by atoms with Gasteiger partial charge in [0.05, 0.1) is 0 Å². The first-order chi connectivity index (χ1) is 5.20. The first-order valence-electron chi connectivity index (χ1n) is 3.51. The van der Waals surface area contributed by atoms with Crippen molar-refractivity contribution in [1.82, 2.24) is 9.24 Å². The minimum absolute atomic E-state index is 0.123. The molecule has 0 aromatic carbocycles. The van der Waals surface area contributed by atoms with E-state index in [1.807, 2.05) is 10.8 Å². The molecule has 1 amide bonds. The molecule has 11 heavy (non-hydrogen) atoms. The van der Waals surface area contributed by atoms with Crippen LogP contribution in [0.15, 0.2) is 12.7 Å². The minimum atomic E-state index is -0.123. The van der Waals surface area contributed by atoms with Gasteiger partial charge in [0.25, 0.3) is 0 Å². The van der Waals surface area contributed by atoms with Gasteiger partial charge in [-0.2, -0.15) is 0 Å².